The minimum absolute atomic E-state index is 0.0695. The Bertz CT molecular complexity index is 1170. The van der Waals surface area contributed by atoms with E-state index >= 15 is 0 Å². The molecule has 0 radical (unpaired) electrons. The number of rotatable bonds is 6. The van der Waals surface area contributed by atoms with Crippen molar-refractivity contribution in [3.63, 3.8) is 0 Å². The molecule has 0 unspecified atom stereocenters. The monoisotopic (exact) mass is 502 g/mol. The normalized spacial score (nSPS) is 15.4. The summed E-state index contributed by atoms with van der Waals surface area (Å²) >= 11 is 1.21. The zero-order chi connectivity index (χ0) is 25.1. The minimum atomic E-state index is -0.575. The van der Waals surface area contributed by atoms with Crippen LogP contribution in [-0.2, 0) is 27.2 Å². The lowest BCUT2D eigenvalue weighted by molar-refractivity contribution is -0.384. The first-order chi connectivity index (χ1) is 16.8. The van der Waals surface area contributed by atoms with Gasteiger partial charge in [0.1, 0.15) is 10.7 Å². The minimum Gasteiger partial charge on any atom is -0.462 e. The fourth-order valence-electron chi connectivity index (χ4n) is 4.24. The second kappa shape index (κ2) is 10.4. The van der Waals surface area contributed by atoms with Crippen molar-refractivity contribution in [1.82, 2.24) is 4.90 Å². The molecule has 0 bridgehead atoms. The van der Waals surface area contributed by atoms with Crippen LogP contribution >= 0.6 is 11.3 Å². The smallest absolute Gasteiger partial charge is 0.341 e. The number of nitro groups is 1. The van der Waals surface area contributed by atoms with Gasteiger partial charge in [0, 0.05) is 43.1 Å². The van der Waals surface area contributed by atoms with E-state index in [1.165, 1.54) is 30.4 Å². The molecule has 1 aromatic carbocycles. The molecule has 2 aliphatic rings. The van der Waals surface area contributed by atoms with Gasteiger partial charge in [-0.3, -0.25) is 19.7 Å². The van der Waals surface area contributed by atoms with E-state index in [1.807, 2.05) is 4.90 Å². The predicted molar refractivity (Wildman–Crippen MR) is 129 cm³/mol. The summed E-state index contributed by atoms with van der Waals surface area (Å²) in [6, 6.07) is 4.34. The molecule has 1 aromatic heterocycles. The second-order valence-electron chi connectivity index (χ2n) is 8.13. The fourth-order valence-corrected chi connectivity index (χ4v) is 5.48. The quantitative estimate of drug-likeness (QED) is 0.362. The highest BCUT2D eigenvalue weighted by Gasteiger charge is 2.31. The van der Waals surface area contributed by atoms with E-state index in [0.29, 0.717) is 56.5 Å². The van der Waals surface area contributed by atoms with Crippen molar-refractivity contribution in [3.05, 3.63) is 49.9 Å². The molecule has 0 saturated carbocycles. The molecule has 35 heavy (non-hydrogen) atoms. The van der Waals surface area contributed by atoms with Crippen LogP contribution in [0, 0.1) is 10.1 Å². The molecule has 3 heterocycles. The SMILES string of the molecule is CCOC(=O)c1c(NC(=O)c2ccc(N3CCOCC3)c([N+](=O)[O-])c2)sc2c1CCN(C(C)=O)C2. The van der Waals surface area contributed by atoms with Crippen LogP contribution < -0.4 is 10.2 Å². The Balaban J connectivity index is 1.64. The van der Waals surface area contributed by atoms with Gasteiger partial charge in [-0.1, -0.05) is 0 Å². The average molecular weight is 503 g/mol. The molecule has 1 fully saturated rings. The Morgan fingerprint density at radius 2 is 1.97 bits per heavy atom. The number of nitrogens with zero attached hydrogens (tertiary/aromatic N) is 3. The van der Waals surface area contributed by atoms with E-state index < -0.39 is 16.8 Å². The molecule has 1 saturated heterocycles. The average Bonchev–Trinajstić information content (AvgIpc) is 3.21. The van der Waals surface area contributed by atoms with E-state index in [9.17, 15) is 24.5 Å². The molecule has 2 aliphatic heterocycles. The summed E-state index contributed by atoms with van der Waals surface area (Å²) in [6.45, 7) is 6.15. The molecule has 12 heteroatoms. The second-order valence-corrected chi connectivity index (χ2v) is 9.24. The van der Waals surface area contributed by atoms with Gasteiger partial charge in [-0.05, 0) is 31.0 Å². The number of carbonyl (C=O) groups is 3. The number of esters is 1. The Kier molecular flexibility index (Phi) is 7.31. The largest absolute Gasteiger partial charge is 0.462 e. The number of hydrogen-bond acceptors (Lipinski definition) is 9. The zero-order valence-corrected chi connectivity index (χ0v) is 20.3. The molecular weight excluding hydrogens is 476 g/mol. The van der Waals surface area contributed by atoms with Gasteiger partial charge >= 0.3 is 5.97 Å². The number of nitrogens with one attached hydrogen (secondary N) is 1. The standard InChI is InChI=1S/C23H26N4O7S/c1-3-34-23(30)20-16-6-7-26(14(2)28)13-19(16)35-22(20)24-21(29)15-4-5-17(18(12-15)27(31)32)25-8-10-33-11-9-25/h4-5,12H,3,6-11,13H2,1-2H3,(H,24,29). The maximum Gasteiger partial charge on any atom is 0.341 e. The highest BCUT2D eigenvalue weighted by atomic mass is 32.1. The summed E-state index contributed by atoms with van der Waals surface area (Å²) in [6.07, 6.45) is 0.467. The van der Waals surface area contributed by atoms with Crippen molar-refractivity contribution in [2.45, 2.75) is 26.8 Å². The molecule has 4 rings (SSSR count). The lowest BCUT2D eigenvalue weighted by atomic mass is 10.0. The molecule has 2 aromatic rings. The number of benzene rings is 1. The van der Waals surface area contributed by atoms with Gasteiger partial charge in [-0.2, -0.15) is 0 Å². The number of anilines is 2. The van der Waals surface area contributed by atoms with Gasteiger partial charge < -0.3 is 24.6 Å². The number of morpholine rings is 1. The summed E-state index contributed by atoms with van der Waals surface area (Å²) in [5, 5.41) is 14.8. The van der Waals surface area contributed by atoms with Gasteiger partial charge in [0.25, 0.3) is 11.6 Å². The Morgan fingerprint density at radius 1 is 1.23 bits per heavy atom. The molecule has 1 N–H and O–H groups in total. The van der Waals surface area contributed by atoms with Crippen molar-refractivity contribution in [2.24, 2.45) is 0 Å². The van der Waals surface area contributed by atoms with Crippen LogP contribution in [0.3, 0.4) is 0 Å². The van der Waals surface area contributed by atoms with Gasteiger partial charge in [0.2, 0.25) is 5.91 Å². The first-order valence-electron chi connectivity index (χ1n) is 11.3. The summed E-state index contributed by atoms with van der Waals surface area (Å²) in [4.78, 5) is 53.3. The Labute approximate surface area is 205 Å². The third-order valence-electron chi connectivity index (χ3n) is 5.99. The van der Waals surface area contributed by atoms with Crippen LogP contribution in [-0.4, -0.2) is 67.1 Å². The van der Waals surface area contributed by atoms with E-state index in [-0.39, 0.29) is 29.3 Å². The lowest BCUT2D eigenvalue weighted by Crippen LogP contribution is -2.36. The summed E-state index contributed by atoms with van der Waals surface area (Å²) in [5.74, 6) is -1.19. The van der Waals surface area contributed by atoms with Crippen LogP contribution in [0.4, 0.5) is 16.4 Å². The van der Waals surface area contributed by atoms with E-state index in [4.69, 9.17) is 9.47 Å². The van der Waals surface area contributed by atoms with Crippen LogP contribution in [0.2, 0.25) is 0 Å². The number of nitro benzene ring substituents is 1. The predicted octanol–water partition coefficient (Wildman–Crippen LogP) is 2.83. The topological polar surface area (TPSA) is 131 Å². The Hall–Kier alpha value is -3.51. The van der Waals surface area contributed by atoms with Gasteiger partial charge in [0.15, 0.2) is 0 Å². The van der Waals surface area contributed by atoms with Crippen LogP contribution in [0.15, 0.2) is 18.2 Å². The fraction of sp³-hybridized carbons (Fsp3) is 0.435. The third-order valence-corrected chi connectivity index (χ3v) is 7.13. The Morgan fingerprint density at radius 3 is 2.63 bits per heavy atom. The van der Waals surface area contributed by atoms with E-state index in [1.54, 1.807) is 17.9 Å². The highest BCUT2D eigenvalue weighted by molar-refractivity contribution is 7.17. The van der Waals surface area contributed by atoms with Crippen molar-refractivity contribution in [2.75, 3.05) is 49.7 Å². The number of ether oxygens (including phenoxy) is 2. The molecular formula is C23H26N4O7S. The van der Waals surface area contributed by atoms with Crippen molar-refractivity contribution >= 4 is 45.5 Å². The molecule has 0 atom stereocenters. The first-order valence-corrected chi connectivity index (χ1v) is 12.1. The molecule has 186 valence electrons. The van der Waals surface area contributed by atoms with Crippen LogP contribution in [0.25, 0.3) is 0 Å². The molecule has 2 amide bonds. The highest BCUT2D eigenvalue weighted by Crippen LogP contribution is 2.38. The molecule has 0 spiro atoms. The van der Waals surface area contributed by atoms with E-state index in [0.717, 1.165) is 10.4 Å². The number of thiophene rings is 1. The zero-order valence-electron chi connectivity index (χ0n) is 19.5. The van der Waals surface area contributed by atoms with Gasteiger partial charge in [0.05, 0.1) is 36.9 Å². The molecule has 11 nitrogen and oxygen atoms in total. The number of carbonyl (C=O) groups excluding carboxylic acids is 3. The van der Waals surface area contributed by atoms with Crippen LogP contribution in [0.5, 0.6) is 0 Å². The maximum atomic E-state index is 13.1. The van der Waals surface area contributed by atoms with Gasteiger partial charge in [-0.15, -0.1) is 11.3 Å². The summed E-state index contributed by atoms with van der Waals surface area (Å²) in [7, 11) is 0. The number of fused-ring (bicyclic) bond motifs is 1. The van der Waals surface area contributed by atoms with E-state index in [2.05, 4.69) is 5.32 Å². The summed E-state index contributed by atoms with van der Waals surface area (Å²) < 4.78 is 10.5. The van der Waals surface area contributed by atoms with Crippen molar-refractivity contribution in [1.29, 1.82) is 0 Å². The summed E-state index contributed by atoms with van der Waals surface area (Å²) in [5.41, 5.74) is 1.39. The van der Waals surface area contributed by atoms with Gasteiger partial charge in [-0.25, -0.2) is 4.79 Å². The number of hydrogen-bond donors (Lipinski definition) is 1. The molecule has 0 aliphatic carbocycles. The lowest BCUT2D eigenvalue weighted by Gasteiger charge is -2.28. The number of amides is 2. The van der Waals surface area contributed by atoms with Crippen molar-refractivity contribution < 1.29 is 28.8 Å². The maximum absolute atomic E-state index is 13.1. The van der Waals surface area contributed by atoms with Crippen LogP contribution in [0.1, 0.15) is 45.0 Å². The van der Waals surface area contributed by atoms with Crippen molar-refractivity contribution in [3.8, 4) is 0 Å². The first kappa shape index (κ1) is 24.6. The third kappa shape index (κ3) is 5.13.